The second-order valence-corrected chi connectivity index (χ2v) is 6.17. The number of carbonyl (C=O) groups excluding carboxylic acids is 2. The summed E-state index contributed by atoms with van der Waals surface area (Å²) in [7, 11) is 1.59. The minimum Gasteiger partial charge on any atom is -0.497 e. The van der Waals surface area contributed by atoms with E-state index in [1.807, 2.05) is 43.3 Å². The maximum absolute atomic E-state index is 12.0. The van der Waals surface area contributed by atoms with Gasteiger partial charge in [-0.25, -0.2) is 0 Å². The Kier molecular flexibility index (Phi) is 5.97. The number of halogens is 1. The van der Waals surface area contributed by atoms with E-state index in [9.17, 15) is 9.59 Å². The molecule has 0 fully saturated rings. The lowest BCUT2D eigenvalue weighted by atomic mass is 10.1. The number of rotatable bonds is 4. The maximum Gasteiger partial charge on any atom is 0.313 e. The molecule has 5 nitrogen and oxygen atoms in total. The zero-order valence-corrected chi connectivity index (χ0v) is 15.0. The minimum atomic E-state index is -0.688. The highest BCUT2D eigenvalue weighted by Gasteiger charge is 2.17. The minimum absolute atomic E-state index is 0.282. The van der Waals surface area contributed by atoms with Crippen molar-refractivity contribution in [3.63, 3.8) is 0 Å². The van der Waals surface area contributed by atoms with Crippen molar-refractivity contribution >= 4 is 40.1 Å². The lowest BCUT2D eigenvalue weighted by molar-refractivity contribution is -0.136. The average Bonchev–Trinajstić information content (AvgIpc) is 2.56. The van der Waals surface area contributed by atoms with E-state index in [-0.39, 0.29) is 6.04 Å². The predicted molar refractivity (Wildman–Crippen MR) is 97.3 cm³/mol. The fourth-order valence-corrected chi connectivity index (χ4v) is 2.32. The van der Waals surface area contributed by atoms with Crippen molar-refractivity contribution in [2.24, 2.45) is 0 Å². The quantitative estimate of drug-likeness (QED) is 0.586. The number of hydrogen-bond acceptors (Lipinski definition) is 3. The second kappa shape index (κ2) is 7.96. The van der Waals surface area contributed by atoms with Gasteiger partial charge in [0.2, 0.25) is 0 Å². The molecule has 0 saturated carbocycles. The molecular weight excluding hydrogens is 407 g/mol. The summed E-state index contributed by atoms with van der Waals surface area (Å²) < 4.78 is 6.14. The Morgan fingerprint density at radius 3 is 2.17 bits per heavy atom. The first-order valence-electron chi connectivity index (χ1n) is 7.01. The molecule has 2 aromatic carbocycles. The Labute approximate surface area is 148 Å². The van der Waals surface area contributed by atoms with Crippen LogP contribution in [0, 0.1) is 3.57 Å². The maximum atomic E-state index is 12.0. The summed E-state index contributed by atoms with van der Waals surface area (Å²) in [6.07, 6.45) is 0. The molecule has 2 amide bonds. The van der Waals surface area contributed by atoms with E-state index in [4.69, 9.17) is 4.74 Å². The van der Waals surface area contributed by atoms with Crippen LogP contribution in [-0.4, -0.2) is 18.9 Å². The second-order valence-electron chi connectivity index (χ2n) is 4.93. The van der Waals surface area contributed by atoms with Gasteiger partial charge in [-0.3, -0.25) is 9.59 Å². The number of benzene rings is 2. The molecule has 0 aliphatic carbocycles. The third kappa shape index (κ3) is 4.95. The van der Waals surface area contributed by atoms with Gasteiger partial charge in [-0.1, -0.05) is 12.1 Å². The number of ether oxygens (including phenoxy) is 1. The molecule has 2 rings (SSSR count). The third-order valence-corrected chi connectivity index (χ3v) is 3.99. The molecule has 1 atom stereocenters. The van der Waals surface area contributed by atoms with Crippen molar-refractivity contribution in [2.45, 2.75) is 13.0 Å². The number of hydrogen-bond donors (Lipinski definition) is 2. The molecule has 0 aliphatic heterocycles. The summed E-state index contributed by atoms with van der Waals surface area (Å²) in [6.45, 7) is 1.82. The summed E-state index contributed by atoms with van der Waals surface area (Å²) in [5, 5.41) is 5.24. The van der Waals surface area contributed by atoms with E-state index >= 15 is 0 Å². The topological polar surface area (TPSA) is 67.4 Å². The fourth-order valence-electron chi connectivity index (χ4n) is 1.96. The highest BCUT2D eigenvalue weighted by molar-refractivity contribution is 14.1. The molecule has 2 N–H and O–H groups in total. The van der Waals surface area contributed by atoms with Crippen LogP contribution in [0.3, 0.4) is 0 Å². The van der Waals surface area contributed by atoms with Crippen LogP contribution in [-0.2, 0) is 9.59 Å². The average molecular weight is 424 g/mol. The van der Waals surface area contributed by atoms with Gasteiger partial charge in [0, 0.05) is 9.26 Å². The van der Waals surface area contributed by atoms with Gasteiger partial charge < -0.3 is 15.4 Å². The van der Waals surface area contributed by atoms with Crippen LogP contribution in [0.15, 0.2) is 48.5 Å². The Morgan fingerprint density at radius 2 is 1.61 bits per heavy atom. The highest BCUT2D eigenvalue weighted by Crippen LogP contribution is 2.17. The van der Waals surface area contributed by atoms with Gasteiger partial charge in [0.1, 0.15) is 5.75 Å². The SMILES string of the molecule is COc1ccc(C(C)NC(=O)C(=O)Nc2ccc(I)cc2)cc1. The first kappa shape index (κ1) is 17.3. The molecule has 0 aliphatic rings. The predicted octanol–water partition coefficient (Wildman–Crippen LogP) is 3.12. The molecule has 0 heterocycles. The molecule has 0 saturated heterocycles. The van der Waals surface area contributed by atoms with Gasteiger partial charge in [0.25, 0.3) is 0 Å². The summed E-state index contributed by atoms with van der Waals surface area (Å²) in [5.74, 6) is -0.623. The van der Waals surface area contributed by atoms with Gasteiger partial charge in [-0.05, 0) is 71.5 Å². The summed E-state index contributed by atoms with van der Waals surface area (Å²) in [6, 6.07) is 14.2. The van der Waals surface area contributed by atoms with Gasteiger partial charge in [0.05, 0.1) is 13.2 Å². The Balaban J connectivity index is 1.94. The van der Waals surface area contributed by atoms with Crippen LogP contribution in [0.5, 0.6) is 5.75 Å². The van der Waals surface area contributed by atoms with Crippen LogP contribution >= 0.6 is 22.6 Å². The first-order chi connectivity index (χ1) is 11.0. The highest BCUT2D eigenvalue weighted by atomic mass is 127. The molecule has 0 spiro atoms. The molecule has 120 valence electrons. The van der Waals surface area contributed by atoms with E-state index < -0.39 is 11.8 Å². The number of amides is 2. The van der Waals surface area contributed by atoms with Crippen molar-refractivity contribution in [2.75, 3.05) is 12.4 Å². The summed E-state index contributed by atoms with van der Waals surface area (Å²) in [4.78, 5) is 23.9. The van der Waals surface area contributed by atoms with Crippen LogP contribution in [0.1, 0.15) is 18.5 Å². The molecule has 1 unspecified atom stereocenters. The lowest BCUT2D eigenvalue weighted by Gasteiger charge is -2.14. The zero-order chi connectivity index (χ0) is 16.8. The fraction of sp³-hybridized carbons (Fsp3) is 0.176. The van der Waals surface area contributed by atoms with Crippen LogP contribution < -0.4 is 15.4 Å². The Bertz CT molecular complexity index is 684. The number of carbonyl (C=O) groups is 2. The van der Waals surface area contributed by atoms with Gasteiger partial charge in [-0.2, -0.15) is 0 Å². The molecule has 2 aromatic rings. The normalized spacial score (nSPS) is 11.4. The molecule has 23 heavy (non-hydrogen) atoms. The smallest absolute Gasteiger partial charge is 0.313 e. The van der Waals surface area contributed by atoms with Gasteiger partial charge in [-0.15, -0.1) is 0 Å². The van der Waals surface area contributed by atoms with E-state index in [1.165, 1.54) is 0 Å². The van der Waals surface area contributed by atoms with Crippen LogP contribution in [0.4, 0.5) is 5.69 Å². The van der Waals surface area contributed by atoms with Crippen molar-refractivity contribution in [1.29, 1.82) is 0 Å². The lowest BCUT2D eigenvalue weighted by Crippen LogP contribution is -2.36. The molecule has 0 bridgehead atoms. The van der Waals surface area contributed by atoms with Crippen LogP contribution in [0.2, 0.25) is 0 Å². The third-order valence-electron chi connectivity index (χ3n) is 3.27. The first-order valence-corrected chi connectivity index (χ1v) is 8.09. The van der Waals surface area contributed by atoms with E-state index in [1.54, 1.807) is 19.2 Å². The Morgan fingerprint density at radius 1 is 1.00 bits per heavy atom. The monoisotopic (exact) mass is 424 g/mol. The standard InChI is InChI=1S/C17H17IN2O3/c1-11(12-3-9-15(23-2)10-4-12)19-16(21)17(22)20-14-7-5-13(18)6-8-14/h3-11H,1-2H3,(H,19,21)(H,20,22). The number of methoxy groups -OCH3 is 1. The van der Waals surface area contributed by atoms with E-state index in [0.29, 0.717) is 5.69 Å². The van der Waals surface area contributed by atoms with Gasteiger partial charge in [0.15, 0.2) is 0 Å². The van der Waals surface area contributed by atoms with E-state index in [0.717, 1.165) is 14.9 Å². The van der Waals surface area contributed by atoms with Crippen LogP contribution in [0.25, 0.3) is 0 Å². The van der Waals surface area contributed by atoms with Gasteiger partial charge >= 0.3 is 11.8 Å². The summed E-state index contributed by atoms with van der Waals surface area (Å²) in [5.41, 5.74) is 1.48. The summed E-state index contributed by atoms with van der Waals surface area (Å²) >= 11 is 2.17. The van der Waals surface area contributed by atoms with Crippen molar-refractivity contribution in [1.82, 2.24) is 5.32 Å². The zero-order valence-electron chi connectivity index (χ0n) is 12.8. The molecule has 6 heteroatoms. The molecule has 0 radical (unpaired) electrons. The molecule has 0 aromatic heterocycles. The Hall–Kier alpha value is -2.09. The van der Waals surface area contributed by atoms with E-state index in [2.05, 4.69) is 33.2 Å². The van der Waals surface area contributed by atoms with Crippen molar-refractivity contribution in [3.8, 4) is 5.75 Å². The largest absolute Gasteiger partial charge is 0.497 e. The molecular formula is C17H17IN2O3. The number of nitrogens with one attached hydrogen (secondary N) is 2. The van der Waals surface area contributed by atoms with Crippen molar-refractivity contribution < 1.29 is 14.3 Å². The number of anilines is 1. The van der Waals surface area contributed by atoms with Crippen molar-refractivity contribution in [3.05, 3.63) is 57.7 Å².